The first-order valence-electron chi connectivity index (χ1n) is 6.14. The van der Waals surface area contributed by atoms with Crippen molar-refractivity contribution in [2.75, 3.05) is 12.4 Å². The van der Waals surface area contributed by atoms with Crippen LogP contribution in [0.25, 0.3) is 0 Å². The van der Waals surface area contributed by atoms with E-state index in [4.69, 9.17) is 10.5 Å². The number of ether oxygens (including phenoxy) is 1. The number of thioether (sulfide) groups is 1. The summed E-state index contributed by atoms with van der Waals surface area (Å²) >= 11 is 1.89. The van der Waals surface area contributed by atoms with Gasteiger partial charge in [0.15, 0.2) is 0 Å². The zero-order chi connectivity index (χ0) is 12.3. The van der Waals surface area contributed by atoms with Gasteiger partial charge in [0.25, 0.3) is 0 Å². The summed E-state index contributed by atoms with van der Waals surface area (Å²) < 4.78 is 7.47. The fourth-order valence-corrected chi connectivity index (χ4v) is 3.43. The first-order chi connectivity index (χ1) is 8.16. The predicted octanol–water partition coefficient (Wildman–Crippen LogP) is 1.72. The third-order valence-corrected chi connectivity index (χ3v) is 4.64. The van der Waals surface area contributed by atoms with Gasteiger partial charge in [0.2, 0.25) is 0 Å². The SMILES string of the molecule is CC(N)C(SCC1CCCO1)c1cnn(C)c1. The maximum atomic E-state index is 6.06. The Balaban J connectivity index is 1.92. The van der Waals surface area contributed by atoms with Gasteiger partial charge in [0.1, 0.15) is 0 Å². The standard InChI is InChI=1S/C12H21N3OS/c1-9(13)12(10-6-14-15(2)7-10)17-8-11-4-3-5-16-11/h6-7,9,11-12H,3-5,8,13H2,1-2H3. The van der Waals surface area contributed by atoms with E-state index in [1.807, 2.05) is 29.7 Å². The molecule has 1 aromatic heterocycles. The highest BCUT2D eigenvalue weighted by atomic mass is 32.2. The molecular weight excluding hydrogens is 234 g/mol. The van der Waals surface area contributed by atoms with Crippen LogP contribution >= 0.6 is 11.8 Å². The Morgan fingerprint density at radius 2 is 2.53 bits per heavy atom. The van der Waals surface area contributed by atoms with Crippen molar-refractivity contribution in [3.63, 3.8) is 0 Å². The maximum Gasteiger partial charge on any atom is 0.0666 e. The Kier molecular flexibility index (Phi) is 4.48. The van der Waals surface area contributed by atoms with Gasteiger partial charge in [0, 0.05) is 42.5 Å². The molecule has 3 atom stereocenters. The van der Waals surface area contributed by atoms with Crippen molar-refractivity contribution in [2.24, 2.45) is 12.8 Å². The number of hydrogen-bond acceptors (Lipinski definition) is 4. The van der Waals surface area contributed by atoms with E-state index in [1.54, 1.807) is 0 Å². The van der Waals surface area contributed by atoms with Gasteiger partial charge >= 0.3 is 0 Å². The topological polar surface area (TPSA) is 53.1 Å². The van der Waals surface area contributed by atoms with Crippen LogP contribution in [-0.2, 0) is 11.8 Å². The molecule has 1 aliphatic heterocycles. The van der Waals surface area contributed by atoms with E-state index in [9.17, 15) is 0 Å². The largest absolute Gasteiger partial charge is 0.377 e. The fraction of sp³-hybridized carbons (Fsp3) is 0.750. The van der Waals surface area contributed by atoms with Gasteiger partial charge in [-0.3, -0.25) is 4.68 Å². The first-order valence-corrected chi connectivity index (χ1v) is 7.19. The van der Waals surface area contributed by atoms with Gasteiger partial charge < -0.3 is 10.5 Å². The summed E-state index contributed by atoms with van der Waals surface area (Å²) in [5.41, 5.74) is 7.28. The number of aryl methyl sites for hydroxylation is 1. The van der Waals surface area contributed by atoms with Gasteiger partial charge in [-0.1, -0.05) is 0 Å². The molecule has 2 heterocycles. The van der Waals surface area contributed by atoms with Crippen LogP contribution in [0.15, 0.2) is 12.4 Å². The molecule has 0 aromatic carbocycles. The lowest BCUT2D eigenvalue weighted by atomic mass is 10.1. The Bertz CT molecular complexity index is 347. The summed E-state index contributed by atoms with van der Waals surface area (Å²) in [5, 5.41) is 4.53. The van der Waals surface area contributed by atoms with Crippen molar-refractivity contribution in [3.05, 3.63) is 18.0 Å². The molecule has 1 fully saturated rings. The zero-order valence-corrected chi connectivity index (χ0v) is 11.3. The second-order valence-electron chi connectivity index (χ2n) is 4.70. The number of nitrogens with zero attached hydrogens (tertiary/aromatic N) is 2. The molecule has 1 saturated heterocycles. The molecule has 0 amide bonds. The van der Waals surface area contributed by atoms with E-state index in [0.717, 1.165) is 12.4 Å². The predicted molar refractivity (Wildman–Crippen MR) is 71.0 cm³/mol. The Hall–Kier alpha value is -0.520. The summed E-state index contributed by atoms with van der Waals surface area (Å²) in [7, 11) is 1.94. The van der Waals surface area contributed by atoms with Crippen LogP contribution in [0, 0.1) is 0 Å². The minimum atomic E-state index is 0.130. The van der Waals surface area contributed by atoms with Gasteiger partial charge in [-0.05, 0) is 19.8 Å². The normalized spacial score (nSPS) is 23.8. The highest BCUT2D eigenvalue weighted by Crippen LogP contribution is 2.33. The molecule has 5 heteroatoms. The van der Waals surface area contributed by atoms with Crippen LogP contribution in [0.4, 0.5) is 0 Å². The summed E-state index contributed by atoms with van der Waals surface area (Å²) in [6.07, 6.45) is 6.76. The number of hydrogen-bond donors (Lipinski definition) is 1. The molecule has 2 rings (SSSR count). The summed E-state index contributed by atoms with van der Waals surface area (Å²) in [6, 6.07) is 0.130. The molecule has 1 aromatic rings. The molecule has 4 nitrogen and oxygen atoms in total. The first kappa shape index (κ1) is 12.9. The molecule has 1 aliphatic rings. The smallest absolute Gasteiger partial charge is 0.0666 e. The Morgan fingerprint density at radius 1 is 1.71 bits per heavy atom. The van der Waals surface area contributed by atoms with Crippen LogP contribution in [0.1, 0.15) is 30.6 Å². The molecule has 0 radical (unpaired) electrons. The van der Waals surface area contributed by atoms with Gasteiger partial charge in [-0.25, -0.2) is 0 Å². The van der Waals surface area contributed by atoms with Crippen LogP contribution in [0.5, 0.6) is 0 Å². The lowest BCUT2D eigenvalue weighted by Crippen LogP contribution is -2.24. The van der Waals surface area contributed by atoms with Gasteiger partial charge in [-0.15, -0.1) is 11.8 Å². The summed E-state index contributed by atoms with van der Waals surface area (Å²) in [6.45, 7) is 2.97. The molecular formula is C12H21N3OS. The van der Waals surface area contributed by atoms with Crippen molar-refractivity contribution in [3.8, 4) is 0 Å². The van der Waals surface area contributed by atoms with E-state index in [-0.39, 0.29) is 6.04 Å². The molecule has 0 bridgehead atoms. The zero-order valence-electron chi connectivity index (χ0n) is 10.5. The average Bonchev–Trinajstić information content (AvgIpc) is 2.90. The third kappa shape index (κ3) is 3.47. The van der Waals surface area contributed by atoms with Crippen molar-refractivity contribution in [1.29, 1.82) is 0 Å². The van der Waals surface area contributed by atoms with Gasteiger partial charge in [-0.2, -0.15) is 5.10 Å². The van der Waals surface area contributed by atoms with Crippen molar-refractivity contribution in [2.45, 2.75) is 37.2 Å². The summed E-state index contributed by atoms with van der Waals surface area (Å²) in [5.74, 6) is 1.03. The third-order valence-electron chi connectivity index (χ3n) is 3.02. The number of rotatable bonds is 5. The van der Waals surface area contributed by atoms with Crippen molar-refractivity contribution in [1.82, 2.24) is 9.78 Å². The molecule has 2 N–H and O–H groups in total. The van der Waals surface area contributed by atoms with Crippen molar-refractivity contribution < 1.29 is 4.74 Å². The average molecular weight is 255 g/mol. The van der Waals surface area contributed by atoms with Gasteiger partial charge in [0.05, 0.1) is 12.3 Å². The molecule has 3 unspecified atom stereocenters. The number of aromatic nitrogens is 2. The highest BCUT2D eigenvalue weighted by Gasteiger charge is 2.22. The quantitative estimate of drug-likeness (QED) is 0.870. The Morgan fingerprint density at radius 3 is 3.06 bits per heavy atom. The van der Waals surface area contributed by atoms with E-state index in [1.165, 1.54) is 18.4 Å². The van der Waals surface area contributed by atoms with Crippen LogP contribution in [-0.4, -0.2) is 34.3 Å². The molecule has 17 heavy (non-hydrogen) atoms. The molecule has 0 aliphatic carbocycles. The van der Waals surface area contributed by atoms with Crippen molar-refractivity contribution >= 4 is 11.8 Å². The second kappa shape index (κ2) is 5.89. The van der Waals surface area contributed by atoms with E-state index in [0.29, 0.717) is 11.4 Å². The van der Waals surface area contributed by atoms with Crippen LogP contribution in [0.2, 0.25) is 0 Å². The lowest BCUT2D eigenvalue weighted by molar-refractivity contribution is 0.128. The molecule has 0 saturated carbocycles. The highest BCUT2D eigenvalue weighted by molar-refractivity contribution is 7.99. The Labute approximate surface area is 107 Å². The minimum Gasteiger partial charge on any atom is -0.377 e. The minimum absolute atomic E-state index is 0.130. The summed E-state index contributed by atoms with van der Waals surface area (Å²) in [4.78, 5) is 0. The van der Waals surface area contributed by atoms with E-state index < -0.39 is 0 Å². The van der Waals surface area contributed by atoms with E-state index >= 15 is 0 Å². The van der Waals surface area contributed by atoms with Crippen LogP contribution < -0.4 is 5.73 Å². The lowest BCUT2D eigenvalue weighted by Gasteiger charge is -2.20. The number of nitrogens with two attached hydrogens (primary N) is 1. The van der Waals surface area contributed by atoms with E-state index in [2.05, 4.69) is 18.2 Å². The molecule has 96 valence electrons. The maximum absolute atomic E-state index is 6.06. The fourth-order valence-electron chi connectivity index (χ4n) is 2.13. The van der Waals surface area contributed by atoms with Crippen LogP contribution in [0.3, 0.4) is 0 Å². The second-order valence-corrected chi connectivity index (χ2v) is 5.87. The monoisotopic (exact) mass is 255 g/mol. The molecule has 0 spiro atoms.